The quantitative estimate of drug-likeness (QED) is 0.345. The molecule has 0 saturated carbocycles. The summed E-state index contributed by atoms with van der Waals surface area (Å²) in [5.74, 6) is 0.663. The predicted octanol–water partition coefficient (Wildman–Crippen LogP) is 3.77. The number of H-pyrrole nitrogens is 1. The van der Waals surface area contributed by atoms with Gasteiger partial charge in [0.2, 0.25) is 24.6 Å². The van der Waals surface area contributed by atoms with Crippen molar-refractivity contribution in [2.24, 2.45) is 0 Å². The number of hydrogen-bond acceptors (Lipinski definition) is 9. The molecule has 33 heavy (non-hydrogen) atoms. The molecule has 0 amide bonds. The van der Waals surface area contributed by atoms with Crippen molar-refractivity contribution in [3.05, 3.63) is 59.7 Å². The normalized spacial score (nSPS) is 13.1. The number of nitrogens with zero attached hydrogens (tertiary/aromatic N) is 4. The van der Waals surface area contributed by atoms with Gasteiger partial charge >= 0.3 is 0 Å². The first kappa shape index (κ1) is 20.4. The predicted molar refractivity (Wildman–Crippen MR) is 116 cm³/mol. The Morgan fingerprint density at radius 2 is 1.82 bits per heavy atom. The third kappa shape index (κ3) is 4.31. The highest BCUT2D eigenvalue weighted by atomic mass is 19.1. The lowest BCUT2D eigenvalue weighted by atomic mass is 10.1. The molecule has 10 nitrogen and oxygen atoms in total. The Labute approximate surface area is 186 Å². The number of hydrogen-bond donors (Lipinski definition) is 4. The molecule has 0 saturated heterocycles. The molecule has 168 valence electrons. The van der Waals surface area contributed by atoms with Crippen LogP contribution in [0.3, 0.4) is 0 Å². The van der Waals surface area contributed by atoms with E-state index in [1.807, 2.05) is 18.2 Å². The summed E-state index contributed by atoms with van der Waals surface area (Å²) in [5.41, 5.74) is 7.65. The molecule has 0 radical (unpaired) electrons. The molecule has 5 rings (SSSR count). The molecule has 12 heteroatoms. The van der Waals surface area contributed by atoms with Gasteiger partial charge < -0.3 is 25.8 Å². The number of nitrogens with two attached hydrogens (primary N) is 1. The summed E-state index contributed by atoms with van der Waals surface area (Å²) in [6.45, 7) is 1.88. The molecule has 1 unspecified atom stereocenters. The van der Waals surface area contributed by atoms with Gasteiger partial charge in [0.15, 0.2) is 17.3 Å². The van der Waals surface area contributed by atoms with Crippen LogP contribution >= 0.6 is 0 Å². The number of nitrogens with one attached hydrogen (secondary N) is 3. The average molecular weight is 452 g/mol. The van der Waals surface area contributed by atoms with E-state index in [1.54, 1.807) is 13.0 Å². The van der Waals surface area contributed by atoms with E-state index in [0.29, 0.717) is 17.3 Å². The lowest BCUT2D eigenvalue weighted by Crippen LogP contribution is -2.14. The van der Waals surface area contributed by atoms with E-state index in [4.69, 9.17) is 15.2 Å². The maximum atomic E-state index is 14.1. The third-order valence-electron chi connectivity index (χ3n) is 4.93. The Bertz CT molecular complexity index is 1330. The second kappa shape index (κ2) is 8.22. The standard InChI is InChI=1S/C21H18F2N8O2/c1-10(13-4-3-12(22)7-14(13)23)25-20-27-19(24)28-21(29-20)26-18-8-15(30-31-18)11-2-5-16-17(6-11)33-9-32-16/h2-8,10H,9H2,1H3,(H5,24,25,26,27,28,29,30,31). The van der Waals surface area contributed by atoms with Crippen LogP contribution in [0.15, 0.2) is 42.5 Å². The van der Waals surface area contributed by atoms with Crippen molar-refractivity contribution >= 4 is 23.7 Å². The van der Waals surface area contributed by atoms with E-state index in [-0.39, 0.29) is 30.2 Å². The van der Waals surface area contributed by atoms with Gasteiger partial charge in [0.05, 0.1) is 11.7 Å². The minimum Gasteiger partial charge on any atom is -0.454 e. The van der Waals surface area contributed by atoms with Crippen LogP contribution in [0.1, 0.15) is 18.5 Å². The number of anilines is 4. The van der Waals surface area contributed by atoms with Gasteiger partial charge in [-0.1, -0.05) is 6.07 Å². The first-order valence-electron chi connectivity index (χ1n) is 9.90. The summed E-state index contributed by atoms with van der Waals surface area (Å²) in [5, 5.41) is 13.0. The third-order valence-corrected chi connectivity index (χ3v) is 4.93. The van der Waals surface area contributed by atoms with Crippen molar-refractivity contribution in [1.29, 1.82) is 0 Å². The summed E-state index contributed by atoms with van der Waals surface area (Å²) in [6.07, 6.45) is 0. The molecular formula is C21H18F2N8O2. The van der Waals surface area contributed by atoms with Gasteiger partial charge in [-0.3, -0.25) is 5.10 Å². The molecule has 0 spiro atoms. The zero-order chi connectivity index (χ0) is 22.9. The molecule has 2 aromatic heterocycles. The SMILES string of the molecule is CC(Nc1nc(N)nc(Nc2cc(-c3ccc4c(c3)OCO4)[nH]n2)n1)c1ccc(F)cc1F. The Morgan fingerprint density at radius 1 is 1.00 bits per heavy atom. The number of halogens is 2. The zero-order valence-corrected chi connectivity index (χ0v) is 17.3. The monoisotopic (exact) mass is 452 g/mol. The fourth-order valence-electron chi connectivity index (χ4n) is 3.35. The highest BCUT2D eigenvalue weighted by molar-refractivity contribution is 5.68. The summed E-state index contributed by atoms with van der Waals surface area (Å²) in [6, 6.07) is 10.1. The van der Waals surface area contributed by atoms with Gasteiger partial charge in [0.25, 0.3) is 0 Å². The molecule has 0 bridgehead atoms. The van der Waals surface area contributed by atoms with Crippen LogP contribution in [0.2, 0.25) is 0 Å². The van der Waals surface area contributed by atoms with Crippen LogP contribution < -0.4 is 25.8 Å². The Kier molecular flexibility index (Phi) is 5.09. The number of aromatic nitrogens is 5. The second-order valence-electron chi connectivity index (χ2n) is 7.23. The lowest BCUT2D eigenvalue weighted by Gasteiger charge is -2.15. The molecule has 5 N–H and O–H groups in total. The Hall–Kier alpha value is -4.48. The molecule has 1 atom stereocenters. The summed E-state index contributed by atoms with van der Waals surface area (Å²) in [4.78, 5) is 12.3. The number of ether oxygens (including phenoxy) is 2. The Balaban J connectivity index is 1.32. The summed E-state index contributed by atoms with van der Waals surface area (Å²) < 4.78 is 38.0. The van der Waals surface area contributed by atoms with Crippen LogP contribution in [0.25, 0.3) is 11.3 Å². The molecule has 4 aromatic rings. The first-order chi connectivity index (χ1) is 15.9. The number of nitrogen functional groups attached to an aromatic ring is 1. The van der Waals surface area contributed by atoms with Crippen molar-refractivity contribution in [1.82, 2.24) is 25.1 Å². The van der Waals surface area contributed by atoms with Crippen LogP contribution in [0.4, 0.5) is 32.4 Å². The smallest absolute Gasteiger partial charge is 0.235 e. The van der Waals surface area contributed by atoms with Crippen LogP contribution in [-0.4, -0.2) is 31.9 Å². The summed E-state index contributed by atoms with van der Waals surface area (Å²) >= 11 is 0. The molecule has 3 heterocycles. The zero-order valence-electron chi connectivity index (χ0n) is 17.3. The minimum absolute atomic E-state index is 0.0479. The van der Waals surface area contributed by atoms with Crippen LogP contribution in [0.5, 0.6) is 11.5 Å². The van der Waals surface area contributed by atoms with Crippen LogP contribution in [0, 0.1) is 11.6 Å². The number of aromatic amines is 1. The van der Waals surface area contributed by atoms with Gasteiger partial charge in [0.1, 0.15) is 11.6 Å². The van der Waals surface area contributed by atoms with Gasteiger partial charge in [-0.25, -0.2) is 8.78 Å². The molecule has 2 aromatic carbocycles. The number of rotatable bonds is 6. The number of fused-ring (bicyclic) bond motifs is 1. The fraction of sp³-hybridized carbons (Fsp3) is 0.143. The van der Waals surface area contributed by atoms with Crippen molar-refractivity contribution in [3.63, 3.8) is 0 Å². The first-order valence-corrected chi connectivity index (χ1v) is 9.90. The van der Waals surface area contributed by atoms with Gasteiger partial charge in [-0.15, -0.1) is 0 Å². The lowest BCUT2D eigenvalue weighted by molar-refractivity contribution is 0.174. The topological polar surface area (TPSA) is 136 Å². The van der Waals surface area contributed by atoms with Crippen molar-refractivity contribution in [2.75, 3.05) is 23.2 Å². The molecule has 1 aliphatic heterocycles. The Morgan fingerprint density at radius 3 is 2.67 bits per heavy atom. The maximum absolute atomic E-state index is 14.1. The van der Waals surface area contributed by atoms with E-state index >= 15 is 0 Å². The summed E-state index contributed by atoms with van der Waals surface area (Å²) in [7, 11) is 0. The minimum atomic E-state index is -0.678. The highest BCUT2D eigenvalue weighted by Crippen LogP contribution is 2.35. The second-order valence-corrected chi connectivity index (χ2v) is 7.23. The van der Waals surface area contributed by atoms with E-state index in [9.17, 15) is 8.78 Å². The largest absolute Gasteiger partial charge is 0.454 e. The maximum Gasteiger partial charge on any atom is 0.235 e. The van der Waals surface area contributed by atoms with Gasteiger partial charge in [-0.05, 0) is 31.2 Å². The number of benzene rings is 2. The molecular weight excluding hydrogens is 434 g/mol. The van der Waals surface area contributed by atoms with E-state index in [1.165, 1.54) is 12.1 Å². The molecule has 0 aliphatic carbocycles. The van der Waals surface area contributed by atoms with Crippen LogP contribution in [-0.2, 0) is 0 Å². The van der Waals surface area contributed by atoms with Gasteiger partial charge in [-0.2, -0.15) is 20.1 Å². The van der Waals surface area contributed by atoms with Crippen molar-refractivity contribution in [3.8, 4) is 22.8 Å². The average Bonchev–Trinajstić information content (AvgIpc) is 3.42. The van der Waals surface area contributed by atoms with Crippen molar-refractivity contribution < 1.29 is 18.3 Å². The molecule has 1 aliphatic rings. The van der Waals surface area contributed by atoms with E-state index in [0.717, 1.165) is 17.3 Å². The van der Waals surface area contributed by atoms with Crippen molar-refractivity contribution in [2.45, 2.75) is 13.0 Å². The molecule has 0 fully saturated rings. The van der Waals surface area contributed by atoms with Gasteiger partial charge in [0, 0.05) is 23.3 Å². The van der Waals surface area contributed by atoms with E-state index in [2.05, 4.69) is 35.8 Å². The highest BCUT2D eigenvalue weighted by Gasteiger charge is 2.16. The fourth-order valence-corrected chi connectivity index (χ4v) is 3.35. The van der Waals surface area contributed by atoms with E-state index < -0.39 is 17.7 Å².